The monoisotopic (exact) mass is 262 g/mol. The van der Waals surface area contributed by atoms with E-state index < -0.39 is 0 Å². The molecule has 2 aliphatic rings. The number of hydrogen-bond acceptors (Lipinski definition) is 5. The second kappa shape index (κ2) is 4.64. The number of nitrogens with two attached hydrogens (primary N) is 1. The number of fused-ring (bicyclic) bond motifs is 1. The highest BCUT2D eigenvalue weighted by molar-refractivity contribution is 6.21. The van der Waals surface area contributed by atoms with E-state index >= 15 is 0 Å². The van der Waals surface area contributed by atoms with Crippen molar-refractivity contribution >= 4 is 17.5 Å². The molecular formula is C13H14N2O4. The predicted octanol–water partition coefficient (Wildman–Crippen LogP) is 0.280. The Kier molecular flexibility index (Phi) is 2.96. The summed E-state index contributed by atoms with van der Waals surface area (Å²) in [4.78, 5) is 25.5. The first kappa shape index (κ1) is 12.1. The topological polar surface area (TPSA) is 81.9 Å². The molecule has 0 aliphatic carbocycles. The molecule has 2 amide bonds. The van der Waals surface area contributed by atoms with Crippen LogP contribution in [0.25, 0.3) is 0 Å². The third-order valence-corrected chi connectivity index (χ3v) is 3.27. The molecule has 1 unspecified atom stereocenters. The molecule has 6 heteroatoms. The Hall–Kier alpha value is -1.92. The van der Waals surface area contributed by atoms with Gasteiger partial charge in [-0.2, -0.15) is 0 Å². The molecule has 2 heterocycles. The minimum absolute atomic E-state index is 0.215. The lowest BCUT2D eigenvalue weighted by atomic mass is 10.1. The van der Waals surface area contributed by atoms with Crippen LogP contribution in [0, 0.1) is 0 Å². The van der Waals surface area contributed by atoms with Crippen LogP contribution in [0.3, 0.4) is 0 Å². The molecule has 0 spiro atoms. The SMILES string of the molecule is Nc1ccc2c(c1)C(=O)N(CC1COCCO1)C2=O. The van der Waals surface area contributed by atoms with Crippen LogP contribution >= 0.6 is 0 Å². The van der Waals surface area contributed by atoms with Crippen LogP contribution in [0.4, 0.5) is 5.69 Å². The van der Waals surface area contributed by atoms with E-state index in [1.54, 1.807) is 12.1 Å². The molecule has 2 N–H and O–H groups in total. The Morgan fingerprint density at radius 2 is 2.00 bits per heavy atom. The second-order valence-corrected chi connectivity index (χ2v) is 4.59. The molecule has 1 atom stereocenters. The number of imide groups is 1. The van der Waals surface area contributed by atoms with Crippen LogP contribution in [0.2, 0.25) is 0 Å². The van der Waals surface area contributed by atoms with Gasteiger partial charge in [-0.15, -0.1) is 0 Å². The Balaban J connectivity index is 1.81. The van der Waals surface area contributed by atoms with Crippen LogP contribution in [-0.4, -0.2) is 49.2 Å². The van der Waals surface area contributed by atoms with Gasteiger partial charge in [0.05, 0.1) is 43.6 Å². The fraction of sp³-hybridized carbons (Fsp3) is 0.385. The average molecular weight is 262 g/mol. The maximum atomic E-state index is 12.2. The lowest BCUT2D eigenvalue weighted by Crippen LogP contribution is -2.42. The normalized spacial score (nSPS) is 22.7. The number of ether oxygens (including phenoxy) is 2. The van der Waals surface area contributed by atoms with E-state index in [4.69, 9.17) is 15.2 Å². The van der Waals surface area contributed by atoms with Crippen LogP contribution in [-0.2, 0) is 9.47 Å². The lowest BCUT2D eigenvalue weighted by molar-refractivity contribution is -0.0923. The number of benzene rings is 1. The Labute approximate surface area is 110 Å². The predicted molar refractivity (Wildman–Crippen MR) is 66.8 cm³/mol. The quantitative estimate of drug-likeness (QED) is 0.611. The summed E-state index contributed by atoms with van der Waals surface area (Å²) in [6.45, 7) is 1.65. The number of anilines is 1. The molecule has 0 bridgehead atoms. The highest BCUT2D eigenvalue weighted by atomic mass is 16.6. The molecule has 0 aromatic heterocycles. The number of hydrogen-bond donors (Lipinski definition) is 1. The first-order chi connectivity index (χ1) is 9.16. The number of carbonyl (C=O) groups is 2. The van der Waals surface area contributed by atoms with E-state index in [1.165, 1.54) is 11.0 Å². The zero-order valence-electron chi connectivity index (χ0n) is 10.3. The third-order valence-electron chi connectivity index (χ3n) is 3.27. The molecule has 3 rings (SSSR count). The summed E-state index contributed by atoms with van der Waals surface area (Å²) >= 11 is 0. The van der Waals surface area contributed by atoms with Gasteiger partial charge in [0.15, 0.2) is 0 Å². The van der Waals surface area contributed by atoms with Gasteiger partial charge >= 0.3 is 0 Å². The third kappa shape index (κ3) is 2.09. The number of carbonyl (C=O) groups excluding carboxylic acids is 2. The summed E-state index contributed by atoms with van der Waals surface area (Å²) in [5, 5.41) is 0. The van der Waals surface area contributed by atoms with Crippen molar-refractivity contribution in [2.45, 2.75) is 6.10 Å². The van der Waals surface area contributed by atoms with E-state index in [9.17, 15) is 9.59 Å². The lowest BCUT2D eigenvalue weighted by Gasteiger charge is -2.26. The van der Waals surface area contributed by atoms with Crippen LogP contribution in [0.15, 0.2) is 18.2 Å². The molecule has 100 valence electrons. The Bertz CT molecular complexity index is 537. The highest BCUT2D eigenvalue weighted by Crippen LogP contribution is 2.25. The van der Waals surface area contributed by atoms with E-state index in [0.29, 0.717) is 36.6 Å². The van der Waals surface area contributed by atoms with Crippen molar-refractivity contribution in [3.63, 3.8) is 0 Å². The molecule has 1 saturated heterocycles. The van der Waals surface area contributed by atoms with E-state index in [-0.39, 0.29) is 24.5 Å². The van der Waals surface area contributed by atoms with Gasteiger partial charge in [-0.1, -0.05) is 0 Å². The summed E-state index contributed by atoms with van der Waals surface area (Å²) in [5.74, 6) is -0.615. The maximum absolute atomic E-state index is 12.2. The molecule has 1 fully saturated rings. The standard InChI is InChI=1S/C13H14N2O4/c14-8-1-2-10-11(5-8)13(17)15(12(10)16)6-9-7-18-3-4-19-9/h1-2,5,9H,3-4,6-7,14H2. The molecule has 1 aromatic rings. The van der Waals surface area contributed by atoms with Gasteiger partial charge in [-0.05, 0) is 18.2 Å². The van der Waals surface area contributed by atoms with E-state index in [1.807, 2.05) is 0 Å². The minimum atomic E-state index is -0.318. The zero-order chi connectivity index (χ0) is 13.4. The molecular weight excluding hydrogens is 248 g/mol. The maximum Gasteiger partial charge on any atom is 0.261 e. The van der Waals surface area contributed by atoms with Gasteiger partial charge in [0, 0.05) is 5.69 Å². The second-order valence-electron chi connectivity index (χ2n) is 4.59. The smallest absolute Gasteiger partial charge is 0.261 e. The molecule has 2 aliphatic heterocycles. The minimum Gasteiger partial charge on any atom is -0.399 e. The van der Waals surface area contributed by atoms with Gasteiger partial charge in [-0.25, -0.2) is 0 Å². The first-order valence-corrected chi connectivity index (χ1v) is 6.12. The summed E-state index contributed by atoms with van der Waals surface area (Å²) in [5.41, 5.74) is 6.87. The summed E-state index contributed by atoms with van der Waals surface area (Å²) in [6, 6.07) is 4.74. The summed E-state index contributed by atoms with van der Waals surface area (Å²) in [6.07, 6.45) is -0.256. The Morgan fingerprint density at radius 1 is 1.21 bits per heavy atom. The van der Waals surface area contributed by atoms with Crippen LogP contribution < -0.4 is 5.73 Å². The highest BCUT2D eigenvalue weighted by Gasteiger charge is 2.37. The molecule has 0 radical (unpaired) electrons. The largest absolute Gasteiger partial charge is 0.399 e. The van der Waals surface area contributed by atoms with Gasteiger partial charge < -0.3 is 15.2 Å². The van der Waals surface area contributed by atoms with Crippen molar-refractivity contribution in [2.75, 3.05) is 32.1 Å². The zero-order valence-corrected chi connectivity index (χ0v) is 10.3. The number of nitrogen functional groups attached to an aromatic ring is 1. The van der Waals surface area contributed by atoms with Gasteiger partial charge in [-0.3, -0.25) is 14.5 Å². The Morgan fingerprint density at radius 3 is 2.74 bits per heavy atom. The van der Waals surface area contributed by atoms with E-state index in [2.05, 4.69) is 0 Å². The molecule has 1 aromatic carbocycles. The fourth-order valence-corrected chi connectivity index (χ4v) is 2.32. The van der Waals surface area contributed by atoms with Crippen molar-refractivity contribution in [1.82, 2.24) is 4.90 Å². The van der Waals surface area contributed by atoms with Crippen molar-refractivity contribution in [3.05, 3.63) is 29.3 Å². The van der Waals surface area contributed by atoms with Crippen molar-refractivity contribution in [1.29, 1.82) is 0 Å². The van der Waals surface area contributed by atoms with E-state index in [0.717, 1.165) is 0 Å². The summed E-state index contributed by atoms with van der Waals surface area (Å²) in [7, 11) is 0. The van der Waals surface area contributed by atoms with Crippen LogP contribution in [0.1, 0.15) is 20.7 Å². The fourth-order valence-electron chi connectivity index (χ4n) is 2.32. The van der Waals surface area contributed by atoms with Gasteiger partial charge in [0.25, 0.3) is 11.8 Å². The number of rotatable bonds is 2. The van der Waals surface area contributed by atoms with Crippen molar-refractivity contribution < 1.29 is 19.1 Å². The average Bonchev–Trinajstić information content (AvgIpc) is 2.65. The number of amides is 2. The number of nitrogens with zero attached hydrogens (tertiary/aromatic N) is 1. The van der Waals surface area contributed by atoms with Crippen LogP contribution in [0.5, 0.6) is 0 Å². The first-order valence-electron chi connectivity index (χ1n) is 6.12. The molecule has 19 heavy (non-hydrogen) atoms. The van der Waals surface area contributed by atoms with Gasteiger partial charge in [0.1, 0.15) is 0 Å². The van der Waals surface area contributed by atoms with Gasteiger partial charge in [0.2, 0.25) is 0 Å². The van der Waals surface area contributed by atoms with Crippen molar-refractivity contribution in [2.24, 2.45) is 0 Å². The molecule has 6 nitrogen and oxygen atoms in total. The summed E-state index contributed by atoms with van der Waals surface area (Å²) < 4.78 is 10.7. The molecule has 0 saturated carbocycles. The van der Waals surface area contributed by atoms with Crippen molar-refractivity contribution in [3.8, 4) is 0 Å².